The fourth-order valence-electron chi connectivity index (χ4n) is 8.19. The van der Waals surface area contributed by atoms with E-state index in [9.17, 15) is 0 Å². The quantitative estimate of drug-likeness (QED) is 0.175. The fourth-order valence-corrected chi connectivity index (χ4v) is 11.3. The highest BCUT2D eigenvalue weighted by Gasteiger charge is 2.40. The van der Waals surface area contributed by atoms with Gasteiger partial charge in [0.25, 0.3) is 0 Å². The molecule has 1 unspecified atom stereocenters. The van der Waals surface area contributed by atoms with E-state index in [4.69, 9.17) is 10.1 Å². The third-order valence-electron chi connectivity index (χ3n) is 10.4. The van der Waals surface area contributed by atoms with Crippen LogP contribution in [0.25, 0.3) is 71.9 Å². The predicted octanol–water partition coefficient (Wildman–Crippen LogP) is 9.08. The lowest BCUT2D eigenvalue weighted by atomic mass is 10.1. The van der Waals surface area contributed by atoms with Gasteiger partial charge in [0.15, 0.2) is 7.14 Å². The van der Waals surface area contributed by atoms with Gasteiger partial charge in [-0.1, -0.05) is 97.1 Å². The van der Waals surface area contributed by atoms with Gasteiger partial charge in [-0.15, -0.1) is 0 Å². The Morgan fingerprint density at radius 3 is 1.92 bits per heavy atom. The van der Waals surface area contributed by atoms with Crippen LogP contribution in [0.3, 0.4) is 0 Å². The van der Waals surface area contributed by atoms with Gasteiger partial charge in [-0.05, 0) is 65.7 Å². The molecule has 240 valence electrons. The predicted molar refractivity (Wildman–Crippen MR) is 208 cm³/mol. The molecule has 6 aromatic carbocycles. The minimum Gasteiger partial charge on any atom is -0.309 e. The zero-order valence-corrected chi connectivity index (χ0v) is 28.2. The number of hydrogen-bond acceptors (Lipinski definition) is 3. The molecule has 0 aliphatic carbocycles. The summed E-state index contributed by atoms with van der Waals surface area (Å²) in [5, 5.41) is 12.0. The lowest BCUT2D eigenvalue weighted by molar-refractivity contribution is 0.593. The van der Waals surface area contributed by atoms with Crippen LogP contribution in [0.4, 0.5) is 0 Å². The average molecular weight is 674 g/mol. The molecule has 0 amide bonds. The second kappa shape index (κ2) is 10.5. The summed E-state index contributed by atoms with van der Waals surface area (Å²) in [6.45, 7) is 0. The van der Waals surface area contributed by atoms with E-state index in [1.165, 1.54) is 10.8 Å². The van der Waals surface area contributed by atoms with Crippen LogP contribution in [0.15, 0.2) is 170 Å². The number of fused-ring (bicyclic) bond motifs is 9. The smallest absolute Gasteiger partial charge is 0.172 e. The normalized spacial score (nSPS) is 15.2. The Labute approximate surface area is 292 Å². The molecule has 0 fully saturated rings. The first-order valence-corrected chi connectivity index (χ1v) is 18.7. The number of nitrogens with zero attached hydrogens (tertiary/aromatic N) is 5. The minimum atomic E-state index is -3.29. The first-order valence-electron chi connectivity index (χ1n) is 17.0. The molecule has 0 radical (unpaired) electrons. The third kappa shape index (κ3) is 3.91. The van der Waals surface area contributed by atoms with Crippen LogP contribution in [0, 0.1) is 0 Å². The number of hydrogen-bond donors (Lipinski definition) is 0. The lowest BCUT2D eigenvalue weighted by Gasteiger charge is -2.18. The molecule has 1 aliphatic rings. The van der Waals surface area contributed by atoms with Crippen molar-refractivity contribution in [1.29, 1.82) is 0 Å². The maximum Gasteiger partial charge on any atom is 0.172 e. The van der Waals surface area contributed by atoms with Crippen LogP contribution >= 0.6 is 7.14 Å². The molecule has 51 heavy (non-hydrogen) atoms. The fraction of sp³-hybridized carbons (Fsp3) is 0. The molecule has 0 saturated heterocycles. The summed E-state index contributed by atoms with van der Waals surface area (Å²) in [6, 6.07) is 52.0. The van der Waals surface area contributed by atoms with Gasteiger partial charge in [0.1, 0.15) is 5.65 Å². The third-order valence-corrected chi connectivity index (χ3v) is 13.5. The van der Waals surface area contributed by atoms with Gasteiger partial charge < -0.3 is 9.13 Å². The van der Waals surface area contributed by atoms with E-state index in [2.05, 4.69) is 118 Å². The summed E-state index contributed by atoms with van der Waals surface area (Å²) in [4.78, 5) is 4.80. The first-order chi connectivity index (χ1) is 25.2. The topological polar surface area (TPSA) is 57.6 Å². The summed E-state index contributed by atoms with van der Waals surface area (Å²) in [7, 11) is -3.29. The zero-order chi connectivity index (χ0) is 33.7. The van der Waals surface area contributed by atoms with Crippen molar-refractivity contribution in [2.75, 3.05) is 0 Å². The molecule has 5 heterocycles. The van der Waals surface area contributed by atoms with E-state index < -0.39 is 7.14 Å². The number of rotatable bonds is 4. The number of pyridine rings is 1. The van der Waals surface area contributed by atoms with Crippen molar-refractivity contribution in [2.24, 2.45) is 0 Å². The Hall–Kier alpha value is -6.49. The van der Waals surface area contributed by atoms with E-state index in [1.54, 1.807) is 0 Å². The molecule has 10 aromatic rings. The van der Waals surface area contributed by atoms with Crippen molar-refractivity contribution in [2.45, 2.75) is 0 Å². The van der Waals surface area contributed by atoms with E-state index in [0.717, 1.165) is 77.1 Å². The van der Waals surface area contributed by atoms with Gasteiger partial charge in [-0.2, -0.15) is 5.10 Å². The first kappa shape index (κ1) is 28.4. The lowest BCUT2D eigenvalue weighted by Crippen LogP contribution is -2.22. The van der Waals surface area contributed by atoms with Gasteiger partial charge in [0, 0.05) is 49.3 Å². The number of benzene rings is 6. The van der Waals surface area contributed by atoms with Crippen LogP contribution in [-0.2, 0) is 4.57 Å². The molecule has 1 aliphatic heterocycles. The summed E-state index contributed by atoms with van der Waals surface area (Å²) >= 11 is 0. The Bertz CT molecular complexity index is 2990. The van der Waals surface area contributed by atoms with Crippen molar-refractivity contribution >= 4 is 66.8 Å². The summed E-state index contributed by atoms with van der Waals surface area (Å²) in [6.07, 6.45) is 5.79. The van der Waals surface area contributed by atoms with E-state index in [1.807, 2.05) is 65.6 Å². The highest BCUT2D eigenvalue weighted by molar-refractivity contribution is 7.86. The molecular weight excluding hydrogens is 645 g/mol. The van der Waals surface area contributed by atoms with Crippen molar-refractivity contribution in [1.82, 2.24) is 23.9 Å². The Balaban J connectivity index is 1.07. The monoisotopic (exact) mass is 673 g/mol. The second-order valence-corrected chi connectivity index (χ2v) is 15.8. The maximum atomic E-state index is 15.9. The van der Waals surface area contributed by atoms with E-state index in [0.29, 0.717) is 0 Å². The highest BCUT2D eigenvalue weighted by atomic mass is 31.2. The zero-order valence-electron chi connectivity index (χ0n) is 27.3. The van der Waals surface area contributed by atoms with Gasteiger partial charge in [0.05, 0.1) is 40.3 Å². The Kier molecular flexibility index (Phi) is 5.84. The van der Waals surface area contributed by atoms with Gasteiger partial charge in [0.2, 0.25) is 0 Å². The van der Waals surface area contributed by atoms with Crippen LogP contribution < -0.4 is 15.9 Å². The van der Waals surface area contributed by atoms with Crippen molar-refractivity contribution in [3.05, 3.63) is 170 Å². The van der Waals surface area contributed by atoms with E-state index >= 15 is 4.57 Å². The van der Waals surface area contributed by atoms with Crippen LogP contribution in [0.1, 0.15) is 0 Å². The molecular formula is C44H28N5OP. The summed E-state index contributed by atoms with van der Waals surface area (Å²) in [5.41, 5.74) is 8.97. The van der Waals surface area contributed by atoms with E-state index in [-0.39, 0.29) is 0 Å². The molecule has 0 bridgehead atoms. The SMILES string of the molecule is O=P1(c2cccc(-n3cc(-n4c5ccccc5c5ccccc54)cn3)c2)c2ccccc2-c2ccc(-n3c4ccccc4c4cccnc43)cc21. The molecule has 0 N–H and O–H groups in total. The second-order valence-electron chi connectivity index (χ2n) is 13.1. The number of para-hydroxylation sites is 3. The Morgan fingerprint density at radius 1 is 0.490 bits per heavy atom. The van der Waals surface area contributed by atoms with Crippen LogP contribution in [-0.4, -0.2) is 23.9 Å². The van der Waals surface area contributed by atoms with Gasteiger partial charge in [-0.25, -0.2) is 9.67 Å². The summed E-state index contributed by atoms with van der Waals surface area (Å²) < 4.78 is 22.3. The molecule has 11 rings (SSSR count). The van der Waals surface area contributed by atoms with Crippen molar-refractivity contribution in [3.8, 4) is 28.2 Å². The Morgan fingerprint density at radius 2 is 1.14 bits per heavy atom. The van der Waals surface area contributed by atoms with Crippen LogP contribution in [0.2, 0.25) is 0 Å². The molecule has 1 atom stereocenters. The molecule has 0 saturated carbocycles. The summed E-state index contributed by atoms with van der Waals surface area (Å²) in [5.74, 6) is 0. The largest absolute Gasteiger partial charge is 0.309 e. The maximum absolute atomic E-state index is 15.9. The molecule has 0 spiro atoms. The van der Waals surface area contributed by atoms with Crippen LogP contribution in [0.5, 0.6) is 0 Å². The molecule has 4 aromatic heterocycles. The average Bonchev–Trinajstić information content (AvgIpc) is 3.95. The molecule has 7 heteroatoms. The van der Waals surface area contributed by atoms with Gasteiger partial charge >= 0.3 is 0 Å². The highest BCUT2D eigenvalue weighted by Crippen LogP contribution is 2.53. The molecule has 6 nitrogen and oxygen atoms in total. The van der Waals surface area contributed by atoms with Gasteiger partial charge in [-0.3, -0.25) is 4.57 Å². The standard InChI is InChI=1S/C44H28N5OP/c50-51(32-12-9-11-29(25-32)47-28-31(27-46-47)48-39-18-5-1-13-33(39)34-14-2-6-19-40(34)48)42-21-8-4-16-36(42)37-23-22-30(26-43(37)51)49-41-20-7-3-15-35(41)38-17-10-24-45-44(38)49/h1-28H. The van der Waals surface area contributed by atoms with Crippen molar-refractivity contribution < 1.29 is 4.57 Å². The number of aromatic nitrogens is 5. The minimum absolute atomic E-state index is 0.776. The van der Waals surface area contributed by atoms with Crippen molar-refractivity contribution in [3.63, 3.8) is 0 Å².